The van der Waals surface area contributed by atoms with E-state index in [1.54, 1.807) is 13.8 Å². The minimum absolute atomic E-state index is 0.0270. The molecule has 0 saturated heterocycles. The first kappa shape index (κ1) is 12.6. The Balaban J connectivity index is 2.11. The predicted octanol–water partition coefficient (Wildman–Crippen LogP) is 1.79. The van der Waals surface area contributed by atoms with E-state index in [-0.39, 0.29) is 11.3 Å². The van der Waals surface area contributed by atoms with Gasteiger partial charge in [0.25, 0.3) is 0 Å². The van der Waals surface area contributed by atoms with Crippen molar-refractivity contribution in [3.8, 4) is 0 Å². The van der Waals surface area contributed by atoms with Gasteiger partial charge in [-0.1, -0.05) is 23.8 Å². The van der Waals surface area contributed by atoms with Crippen molar-refractivity contribution >= 4 is 10.0 Å². The van der Waals surface area contributed by atoms with E-state index in [4.69, 9.17) is 0 Å². The van der Waals surface area contributed by atoms with Crippen LogP contribution in [0.2, 0.25) is 0 Å². The lowest BCUT2D eigenvalue weighted by Gasteiger charge is -2.14. The normalized spacial score (nSPS) is 19.6. The van der Waals surface area contributed by atoms with Crippen LogP contribution in [0.3, 0.4) is 0 Å². The summed E-state index contributed by atoms with van der Waals surface area (Å²) in [5.74, 6) is 0. The van der Waals surface area contributed by atoms with Crippen LogP contribution in [0, 0.1) is 6.92 Å². The number of hydrogen-bond donors (Lipinski definition) is 1. The summed E-state index contributed by atoms with van der Waals surface area (Å²) in [6, 6.07) is 6.37. The molecule has 1 aliphatic rings. The first-order valence-electron chi connectivity index (χ1n) is 5.98. The Hall–Kier alpha value is -0.870. The van der Waals surface area contributed by atoms with Gasteiger partial charge in [0.2, 0.25) is 10.0 Å². The molecule has 0 unspecified atom stereocenters. The maximum Gasteiger partial charge on any atom is 0.214 e. The van der Waals surface area contributed by atoms with Gasteiger partial charge in [-0.3, -0.25) is 0 Å². The van der Waals surface area contributed by atoms with Crippen molar-refractivity contribution in [1.82, 2.24) is 4.72 Å². The highest BCUT2D eigenvalue weighted by molar-refractivity contribution is 7.90. The molecule has 94 valence electrons. The third kappa shape index (κ3) is 2.69. The average Bonchev–Trinajstić information content (AvgIpc) is 2.57. The fourth-order valence-corrected chi connectivity index (χ4v) is 3.10. The first-order chi connectivity index (χ1) is 7.88. The van der Waals surface area contributed by atoms with E-state index in [1.165, 1.54) is 16.7 Å². The molecule has 3 nitrogen and oxygen atoms in total. The number of sulfonamides is 1. The highest BCUT2D eigenvalue weighted by Crippen LogP contribution is 2.23. The van der Waals surface area contributed by atoms with Crippen LogP contribution >= 0.6 is 0 Å². The molecule has 1 N–H and O–H groups in total. The third-order valence-corrected chi connectivity index (χ3v) is 5.15. The lowest BCUT2D eigenvalue weighted by atomic mass is 10.1. The quantitative estimate of drug-likeness (QED) is 0.892. The summed E-state index contributed by atoms with van der Waals surface area (Å²) < 4.78 is 26.4. The molecule has 4 heteroatoms. The number of benzene rings is 1. The maximum atomic E-state index is 11.8. The Morgan fingerprint density at radius 2 is 1.88 bits per heavy atom. The molecule has 1 aromatic rings. The second-order valence-electron chi connectivity index (χ2n) is 5.09. The fraction of sp³-hybridized carbons (Fsp3) is 0.538. The molecule has 0 aliphatic heterocycles. The molecule has 2 rings (SSSR count). The second kappa shape index (κ2) is 4.42. The minimum atomic E-state index is -3.16. The molecule has 0 fully saturated rings. The number of hydrogen-bond acceptors (Lipinski definition) is 2. The zero-order chi connectivity index (χ0) is 12.6. The van der Waals surface area contributed by atoms with Crippen molar-refractivity contribution < 1.29 is 8.42 Å². The molecule has 0 bridgehead atoms. The van der Waals surface area contributed by atoms with Gasteiger partial charge < -0.3 is 0 Å². The van der Waals surface area contributed by atoms with Crippen molar-refractivity contribution in [2.24, 2.45) is 0 Å². The third-order valence-electron chi connectivity index (χ3n) is 3.25. The van der Waals surface area contributed by atoms with Gasteiger partial charge in [-0.15, -0.1) is 0 Å². The van der Waals surface area contributed by atoms with Gasteiger partial charge in [-0.25, -0.2) is 13.1 Å². The molecule has 0 amide bonds. The lowest BCUT2D eigenvalue weighted by molar-refractivity contribution is 0.547. The van der Waals surface area contributed by atoms with E-state index in [1.807, 2.05) is 0 Å². The summed E-state index contributed by atoms with van der Waals surface area (Å²) in [6.07, 6.45) is 1.62. The molecule has 1 aromatic carbocycles. The summed E-state index contributed by atoms with van der Waals surface area (Å²) in [7, 11) is -3.16. The fourth-order valence-electron chi connectivity index (χ4n) is 2.20. The second-order valence-corrected chi connectivity index (χ2v) is 7.36. The van der Waals surface area contributed by atoms with E-state index in [0.717, 1.165) is 12.8 Å². The smallest absolute Gasteiger partial charge is 0.212 e. The first-order valence-corrected chi connectivity index (χ1v) is 7.52. The van der Waals surface area contributed by atoms with Gasteiger partial charge in [0.15, 0.2) is 0 Å². The van der Waals surface area contributed by atoms with Gasteiger partial charge in [-0.05, 0) is 44.7 Å². The Kier molecular flexibility index (Phi) is 3.27. The molecular formula is C13H19NO2S. The number of nitrogens with one attached hydrogen (secondary N) is 1. The largest absolute Gasteiger partial charge is 0.214 e. The molecule has 0 heterocycles. The van der Waals surface area contributed by atoms with Crippen molar-refractivity contribution in [2.45, 2.75) is 44.9 Å². The van der Waals surface area contributed by atoms with Crippen LogP contribution in [0.25, 0.3) is 0 Å². The summed E-state index contributed by atoms with van der Waals surface area (Å²) in [6.45, 7) is 5.47. The zero-order valence-corrected chi connectivity index (χ0v) is 11.3. The lowest BCUT2D eigenvalue weighted by Crippen LogP contribution is -2.39. The maximum absolute atomic E-state index is 11.8. The van der Waals surface area contributed by atoms with Crippen molar-refractivity contribution in [3.63, 3.8) is 0 Å². The Morgan fingerprint density at radius 1 is 1.24 bits per heavy atom. The predicted molar refractivity (Wildman–Crippen MR) is 69.6 cm³/mol. The number of rotatable bonds is 3. The molecule has 0 saturated carbocycles. The van der Waals surface area contributed by atoms with E-state index in [2.05, 4.69) is 29.8 Å². The van der Waals surface area contributed by atoms with Crippen LogP contribution in [0.1, 0.15) is 30.5 Å². The van der Waals surface area contributed by atoms with Crippen LogP contribution in [0.15, 0.2) is 18.2 Å². The SMILES string of the molecule is Cc1ccc2c(c1)C[C@@H](NS(=O)(=O)C(C)C)C2. The summed E-state index contributed by atoms with van der Waals surface area (Å²) in [5.41, 5.74) is 3.78. The van der Waals surface area contributed by atoms with E-state index in [9.17, 15) is 8.42 Å². The summed E-state index contributed by atoms with van der Waals surface area (Å²) in [5, 5.41) is -0.368. The van der Waals surface area contributed by atoms with Gasteiger partial charge in [0, 0.05) is 6.04 Å². The van der Waals surface area contributed by atoms with Gasteiger partial charge in [-0.2, -0.15) is 0 Å². The van der Waals surface area contributed by atoms with Crippen molar-refractivity contribution in [2.75, 3.05) is 0 Å². The molecule has 0 radical (unpaired) electrons. The minimum Gasteiger partial charge on any atom is -0.212 e. The average molecular weight is 253 g/mol. The van der Waals surface area contributed by atoms with E-state index < -0.39 is 10.0 Å². The Morgan fingerprint density at radius 3 is 2.53 bits per heavy atom. The van der Waals surface area contributed by atoms with E-state index >= 15 is 0 Å². The molecule has 1 atom stereocenters. The molecule has 17 heavy (non-hydrogen) atoms. The van der Waals surface area contributed by atoms with Gasteiger partial charge in [0.1, 0.15) is 0 Å². The van der Waals surface area contributed by atoms with E-state index in [0.29, 0.717) is 0 Å². The summed E-state index contributed by atoms with van der Waals surface area (Å²) in [4.78, 5) is 0. The molecule has 0 aromatic heterocycles. The molecular weight excluding hydrogens is 234 g/mol. The number of aryl methyl sites for hydroxylation is 1. The molecule has 0 spiro atoms. The topological polar surface area (TPSA) is 46.2 Å². The van der Waals surface area contributed by atoms with Gasteiger partial charge in [0.05, 0.1) is 5.25 Å². The zero-order valence-electron chi connectivity index (χ0n) is 10.5. The highest BCUT2D eigenvalue weighted by Gasteiger charge is 2.26. The van der Waals surface area contributed by atoms with Crippen molar-refractivity contribution in [1.29, 1.82) is 0 Å². The van der Waals surface area contributed by atoms with Gasteiger partial charge >= 0.3 is 0 Å². The highest BCUT2D eigenvalue weighted by atomic mass is 32.2. The standard InChI is InChI=1S/C13H19NO2S/c1-9(2)17(15,16)14-13-7-11-5-4-10(3)6-12(11)8-13/h4-6,9,13-14H,7-8H2,1-3H3/t13-/m0/s1. The van der Waals surface area contributed by atoms with Crippen LogP contribution in [-0.2, 0) is 22.9 Å². The van der Waals surface area contributed by atoms with Crippen LogP contribution in [0.4, 0.5) is 0 Å². The van der Waals surface area contributed by atoms with Crippen LogP contribution < -0.4 is 4.72 Å². The Labute approximate surface area is 103 Å². The van der Waals surface area contributed by atoms with Crippen LogP contribution in [-0.4, -0.2) is 19.7 Å². The van der Waals surface area contributed by atoms with Crippen LogP contribution in [0.5, 0.6) is 0 Å². The summed E-state index contributed by atoms with van der Waals surface area (Å²) >= 11 is 0. The Bertz CT molecular complexity index is 520. The van der Waals surface area contributed by atoms with Crippen molar-refractivity contribution in [3.05, 3.63) is 34.9 Å². The molecule has 1 aliphatic carbocycles. The number of fused-ring (bicyclic) bond motifs is 1. The monoisotopic (exact) mass is 253 g/mol.